The standard InChI is InChI=1S/C54H66O6S/c1-38(37-58-54(41-23-12-7-13-24-41,42-25-14-8-15-26-42)43-27-16-9-17-28-43)19-18-20-39(2)50-49(60-61(5,56)57)36-48-46-30-29-44-35-45(59-51(55)40-21-10-6-11-22-40)31-33-52(44,3)47(46)32-34-53(48,50)4/h6-17,21-29,38-39,45-50H,18-20,30-37H2,1-5H3/t38?,39-,45+,46-,47+,48+,49?,50+,52+,53+/m0/s1. The summed E-state index contributed by atoms with van der Waals surface area (Å²) < 4.78 is 45.1. The summed E-state index contributed by atoms with van der Waals surface area (Å²) in [7, 11) is -3.63. The van der Waals surface area contributed by atoms with Gasteiger partial charge in [0, 0.05) is 6.42 Å². The van der Waals surface area contributed by atoms with Crippen LogP contribution in [0.3, 0.4) is 0 Å². The third-order valence-electron chi connectivity index (χ3n) is 15.8. The molecule has 0 amide bonds. The van der Waals surface area contributed by atoms with Gasteiger partial charge in [-0.25, -0.2) is 4.79 Å². The van der Waals surface area contributed by atoms with Gasteiger partial charge in [-0.15, -0.1) is 0 Å². The fourth-order valence-electron chi connectivity index (χ4n) is 13.0. The monoisotopic (exact) mass is 842 g/mol. The predicted octanol–water partition coefficient (Wildman–Crippen LogP) is 12.2. The zero-order chi connectivity index (χ0) is 42.8. The topological polar surface area (TPSA) is 78.9 Å². The van der Waals surface area contributed by atoms with E-state index in [1.807, 2.05) is 30.3 Å². The molecule has 324 valence electrons. The van der Waals surface area contributed by atoms with Gasteiger partial charge >= 0.3 is 5.97 Å². The minimum atomic E-state index is -3.63. The number of hydrogen-bond acceptors (Lipinski definition) is 6. The summed E-state index contributed by atoms with van der Waals surface area (Å²) in [5.41, 5.74) is 4.71. The molecule has 4 aromatic carbocycles. The number of hydrogen-bond donors (Lipinski definition) is 0. The maximum Gasteiger partial charge on any atom is 0.338 e. The summed E-state index contributed by atoms with van der Waals surface area (Å²) in [6, 6.07) is 41.0. The van der Waals surface area contributed by atoms with E-state index in [9.17, 15) is 13.2 Å². The second-order valence-corrected chi connectivity index (χ2v) is 21.2. The molecule has 10 atom stereocenters. The summed E-state index contributed by atoms with van der Waals surface area (Å²) in [5, 5.41) is 0. The maximum absolute atomic E-state index is 13.0. The molecule has 2 unspecified atom stereocenters. The number of rotatable bonds is 15. The first kappa shape index (κ1) is 43.6. The van der Waals surface area contributed by atoms with Crippen molar-refractivity contribution in [2.75, 3.05) is 12.9 Å². The van der Waals surface area contributed by atoms with Crippen molar-refractivity contribution in [3.63, 3.8) is 0 Å². The molecule has 0 saturated heterocycles. The third kappa shape index (κ3) is 8.81. The van der Waals surface area contributed by atoms with Crippen LogP contribution in [-0.4, -0.2) is 39.5 Å². The molecule has 0 aliphatic heterocycles. The Hall–Kier alpha value is -4.04. The van der Waals surface area contributed by atoms with Crippen molar-refractivity contribution in [1.29, 1.82) is 0 Å². The van der Waals surface area contributed by atoms with Crippen molar-refractivity contribution in [1.82, 2.24) is 0 Å². The Balaban J connectivity index is 0.947. The minimum absolute atomic E-state index is 0.00452. The van der Waals surface area contributed by atoms with Gasteiger partial charge in [-0.05, 0) is 120 Å². The highest BCUT2D eigenvalue weighted by molar-refractivity contribution is 7.86. The largest absolute Gasteiger partial charge is 0.458 e. The lowest BCUT2D eigenvalue weighted by Gasteiger charge is -2.58. The van der Waals surface area contributed by atoms with E-state index < -0.39 is 15.7 Å². The van der Waals surface area contributed by atoms with Crippen LogP contribution in [0, 0.1) is 46.3 Å². The Labute approximate surface area is 365 Å². The number of carbonyl (C=O) groups is 1. The minimum Gasteiger partial charge on any atom is -0.458 e. The molecule has 3 saturated carbocycles. The van der Waals surface area contributed by atoms with E-state index in [1.165, 1.54) is 11.8 Å². The molecule has 0 heterocycles. The molecule has 7 heteroatoms. The van der Waals surface area contributed by atoms with E-state index in [0.29, 0.717) is 41.8 Å². The van der Waals surface area contributed by atoms with E-state index in [1.54, 1.807) is 0 Å². The Bertz CT molecular complexity index is 2130. The molecule has 61 heavy (non-hydrogen) atoms. The average molecular weight is 843 g/mol. The number of ether oxygens (including phenoxy) is 2. The van der Waals surface area contributed by atoms with Gasteiger partial charge in [0.1, 0.15) is 11.7 Å². The van der Waals surface area contributed by atoms with Crippen LogP contribution in [0.4, 0.5) is 0 Å². The van der Waals surface area contributed by atoms with E-state index in [0.717, 1.165) is 80.9 Å². The molecule has 4 aliphatic rings. The summed E-state index contributed by atoms with van der Waals surface area (Å²) in [5.74, 6) is 1.95. The van der Waals surface area contributed by atoms with Gasteiger partial charge in [0.2, 0.25) is 0 Å². The Morgan fingerprint density at radius 3 is 1.92 bits per heavy atom. The Morgan fingerprint density at radius 1 is 0.770 bits per heavy atom. The van der Waals surface area contributed by atoms with Gasteiger partial charge < -0.3 is 9.47 Å². The zero-order valence-corrected chi connectivity index (χ0v) is 37.7. The quantitative estimate of drug-likeness (QED) is 0.0513. The van der Waals surface area contributed by atoms with Gasteiger partial charge in [0.05, 0.1) is 24.5 Å². The molecule has 6 nitrogen and oxygen atoms in total. The summed E-state index contributed by atoms with van der Waals surface area (Å²) in [6.45, 7) is 10.2. The second kappa shape index (κ2) is 18.0. The molecular weight excluding hydrogens is 777 g/mol. The van der Waals surface area contributed by atoms with Crippen LogP contribution in [0.5, 0.6) is 0 Å². The van der Waals surface area contributed by atoms with Crippen LogP contribution in [0.25, 0.3) is 0 Å². The van der Waals surface area contributed by atoms with Gasteiger partial charge in [0.25, 0.3) is 10.1 Å². The lowest BCUT2D eigenvalue weighted by Crippen LogP contribution is -2.51. The average Bonchev–Trinajstić information content (AvgIpc) is 3.55. The van der Waals surface area contributed by atoms with E-state index in [-0.39, 0.29) is 34.9 Å². The number of fused-ring (bicyclic) bond motifs is 5. The van der Waals surface area contributed by atoms with E-state index in [4.69, 9.17) is 13.7 Å². The molecular formula is C54H66O6S. The highest BCUT2D eigenvalue weighted by Crippen LogP contribution is 2.68. The number of benzene rings is 4. The van der Waals surface area contributed by atoms with Crippen LogP contribution in [-0.2, 0) is 29.4 Å². The molecule has 4 aromatic rings. The third-order valence-corrected chi connectivity index (χ3v) is 16.4. The van der Waals surface area contributed by atoms with Crippen LogP contribution in [0.1, 0.15) is 119 Å². The highest BCUT2D eigenvalue weighted by Gasteiger charge is 2.62. The fraction of sp³-hybridized carbons (Fsp3) is 0.500. The highest BCUT2D eigenvalue weighted by atomic mass is 32.2. The lowest BCUT2D eigenvalue weighted by atomic mass is 9.47. The number of allylic oxidation sites excluding steroid dienone is 1. The van der Waals surface area contributed by atoms with Crippen molar-refractivity contribution in [3.05, 3.63) is 155 Å². The molecule has 0 aromatic heterocycles. The van der Waals surface area contributed by atoms with Crippen LogP contribution >= 0.6 is 0 Å². The number of carbonyl (C=O) groups excluding carboxylic acids is 1. The molecule has 3 fully saturated rings. The maximum atomic E-state index is 13.0. The smallest absolute Gasteiger partial charge is 0.338 e. The molecule has 8 rings (SSSR count). The molecule has 4 aliphatic carbocycles. The molecule has 0 N–H and O–H groups in total. The number of esters is 1. The summed E-state index contributed by atoms with van der Waals surface area (Å²) >= 11 is 0. The predicted molar refractivity (Wildman–Crippen MR) is 243 cm³/mol. The first-order valence-corrected chi connectivity index (χ1v) is 24.8. The van der Waals surface area contributed by atoms with Crippen molar-refractivity contribution in [2.24, 2.45) is 46.3 Å². The second-order valence-electron chi connectivity index (χ2n) is 19.6. The van der Waals surface area contributed by atoms with Crippen LogP contribution in [0.2, 0.25) is 0 Å². The van der Waals surface area contributed by atoms with Gasteiger partial charge in [-0.1, -0.05) is 161 Å². The SMILES string of the molecule is CC(CCC[C@H](C)[C@@H]1C(OS(C)(=O)=O)C[C@@H]2[C@H]3CC=C4C[C@H](OC(=O)c5ccccc5)CC[C@@]4(C)[C@@H]3CC[C@]21C)COC(c1ccccc1)(c1ccccc1)c1ccccc1. The van der Waals surface area contributed by atoms with Gasteiger partial charge in [-0.3, -0.25) is 4.18 Å². The lowest BCUT2D eigenvalue weighted by molar-refractivity contribution is -0.0628. The van der Waals surface area contributed by atoms with Crippen LogP contribution < -0.4 is 0 Å². The van der Waals surface area contributed by atoms with Crippen molar-refractivity contribution in [3.8, 4) is 0 Å². The normalized spacial score (nSPS) is 29.6. The zero-order valence-electron chi connectivity index (χ0n) is 36.9. The molecule has 0 bridgehead atoms. The molecule has 0 spiro atoms. The van der Waals surface area contributed by atoms with E-state index >= 15 is 0 Å². The van der Waals surface area contributed by atoms with Crippen molar-refractivity contribution in [2.45, 2.75) is 110 Å². The molecule has 0 radical (unpaired) electrons. The van der Waals surface area contributed by atoms with Gasteiger partial charge in [-0.2, -0.15) is 8.42 Å². The first-order chi connectivity index (χ1) is 29.3. The Kier molecular flexibility index (Phi) is 12.9. The summed E-state index contributed by atoms with van der Waals surface area (Å²) in [6.07, 6.45) is 13.0. The fourth-order valence-corrected chi connectivity index (χ4v) is 13.6. The Morgan fingerprint density at radius 2 is 1.34 bits per heavy atom. The van der Waals surface area contributed by atoms with Gasteiger partial charge in [0.15, 0.2) is 0 Å². The van der Waals surface area contributed by atoms with Crippen LogP contribution in [0.15, 0.2) is 133 Å². The van der Waals surface area contributed by atoms with Crippen molar-refractivity contribution < 1.29 is 26.9 Å². The summed E-state index contributed by atoms with van der Waals surface area (Å²) in [4.78, 5) is 13.0. The van der Waals surface area contributed by atoms with Crippen molar-refractivity contribution >= 4 is 16.1 Å². The first-order valence-electron chi connectivity index (χ1n) is 23.0. The van der Waals surface area contributed by atoms with E-state index in [2.05, 4.69) is 125 Å².